The van der Waals surface area contributed by atoms with Crippen LogP contribution >= 0.6 is 39.1 Å². The number of carbonyl (C=O) groups is 1. The average molecular weight is 313 g/mol. The Labute approximate surface area is 103 Å². The predicted octanol–water partition coefficient (Wildman–Crippen LogP) is 3.48. The minimum atomic E-state index is -0.718. The molecule has 4 nitrogen and oxygen atoms in total. The third-order valence-electron chi connectivity index (χ3n) is 1.66. The monoisotopic (exact) mass is 311 g/mol. The summed E-state index contributed by atoms with van der Waals surface area (Å²) < 4.78 is 0. The molecule has 1 rings (SSSR count). The molecule has 0 saturated heterocycles. The summed E-state index contributed by atoms with van der Waals surface area (Å²) in [5.41, 5.74) is -0.611. The number of nitrogens with zero attached hydrogens (tertiary/aromatic N) is 1. The molecule has 0 bridgehead atoms. The summed E-state index contributed by atoms with van der Waals surface area (Å²) in [6.07, 6.45) is 0. The number of hydrogen-bond acceptors (Lipinski definition) is 3. The van der Waals surface area contributed by atoms with Crippen LogP contribution in [0, 0.1) is 10.1 Å². The Morgan fingerprint density at radius 1 is 1.40 bits per heavy atom. The summed E-state index contributed by atoms with van der Waals surface area (Å²) in [5, 5.41) is 10.6. The van der Waals surface area contributed by atoms with Gasteiger partial charge in [0.15, 0.2) is 5.78 Å². The van der Waals surface area contributed by atoms with Gasteiger partial charge in [-0.2, -0.15) is 0 Å². The molecule has 15 heavy (non-hydrogen) atoms. The zero-order chi connectivity index (χ0) is 11.6. The van der Waals surface area contributed by atoms with E-state index in [1.807, 2.05) is 0 Å². The number of halogens is 3. The number of benzene rings is 1. The molecule has 0 atom stereocenters. The van der Waals surface area contributed by atoms with Crippen molar-refractivity contribution in [3.05, 3.63) is 37.9 Å². The molecule has 0 saturated carbocycles. The van der Waals surface area contributed by atoms with E-state index in [2.05, 4.69) is 15.9 Å². The Kier molecular flexibility index (Phi) is 4.07. The number of nitro benzene ring substituents is 1. The molecule has 0 heterocycles. The van der Waals surface area contributed by atoms with E-state index in [9.17, 15) is 14.9 Å². The van der Waals surface area contributed by atoms with E-state index in [4.69, 9.17) is 23.2 Å². The van der Waals surface area contributed by atoms with Crippen LogP contribution in [0.2, 0.25) is 10.0 Å². The highest BCUT2D eigenvalue weighted by Gasteiger charge is 2.26. The number of Topliss-reactive ketones (excluding diaryl/α,β-unsaturated/α-hetero) is 1. The molecule has 80 valence electrons. The van der Waals surface area contributed by atoms with Crippen molar-refractivity contribution >= 4 is 50.6 Å². The van der Waals surface area contributed by atoms with Gasteiger partial charge in [0.05, 0.1) is 15.3 Å². The van der Waals surface area contributed by atoms with Gasteiger partial charge in [0.25, 0.3) is 5.69 Å². The van der Waals surface area contributed by atoms with Crippen molar-refractivity contribution in [1.29, 1.82) is 0 Å². The van der Waals surface area contributed by atoms with E-state index in [0.717, 1.165) is 0 Å². The van der Waals surface area contributed by atoms with Crippen molar-refractivity contribution in [2.45, 2.75) is 0 Å². The molecular formula is C8H4BrCl2NO3. The smallest absolute Gasteiger partial charge is 0.293 e. The molecule has 0 amide bonds. The number of hydrogen-bond donors (Lipinski definition) is 0. The van der Waals surface area contributed by atoms with Crippen molar-refractivity contribution in [2.24, 2.45) is 0 Å². The van der Waals surface area contributed by atoms with E-state index < -0.39 is 16.4 Å². The van der Waals surface area contributed by atoms with E-state index >= 15 is 0 Å². The Bertz CT molecular complexity index is 436. The van der Waals surface area contributed by atoms with E-state index in [0.29, 0.717) is 0 Å². The second-order valence-electron chi connectivity index (χ2n) is 2.57. The molecule has 0 aromatic heterocycles. The molecule has 1 aromatic carbocycles. The van der Waals surface area contributed by atoms with E-state index in [1.54, 1.807) is 0 Å². The van der Waals surface area contributed by atoms with Gasteiger partial charge in [0.1, 0.15) is 10.6 Å². The summed E-state index contributed by atoms with van der Waals surface area (Å²) in [7, 11) is 0. The first-order valence-electron chi connectivity index (χ1n) is 3.70. The van der Waals surface area contributed by atoms with Gasteiger partial charge < -0.3 is 0 Å². The van der Waals surface area contributed by atoms with Crippen LogP contribution in [0.3, 0.4) is 0 Å². The zero-order valence-electron chi connectivity index (χ0n) is 7.17. The molecule has 0 fully saturated rings. The normalized spacial score (nSPS) is 10.1. The van der Waals surface area contributed by atoms with Crippen LogP contribution in [0.15, 0.2) is 12.1 Å². The summed E-state index contributed by atoms with van der Waals surface area (Å²) >= 11 is 14.3. The van der Waals surface area contributed by atoms with Gasteiger partial charge in [-0.15, -0.1) is 0 Å². The molecule has 0 aliphatic rings. The van der Waals surface area contributed by atoms with Crippen LogP contribution in [-0.4, -0.2) is 16.0 Å². The molecule has 0 N–H and O–H groups in total. The largest absolute Gasteiger partial charge is 0.300 e. The molecule has 7 heteroatoms. The Morgan fingerprint density at radius 2 is 1.93 bits per heavy atom. The lowest BCUT2D eigenvalue weighted by Gasteiger charge is -2.03. The molecule has 0 unspecified atom stereocenters. The van der Waals surface area contributed by atoms with Gasteiger partial charge in [-0.3, -0.25) is 14.9 Å². The first kappa shape index (κ1) is 12.4. The number of alkyl halides is 1. The SMILES string of the molecule is O=C(CBr)c1c(Cl)ccc(Cl)c1[N+](=O)[O-]. The summed E-state index contributed by atoms with van der Waals surface area (Å²) in [6.45, 7) is 0. The second kappa shape index (κ2) is 4.92. The van der Waals surface area contributed by atoms with Crippen LogP contribution < -0.4 is 0 Å². The first-order chi connectivity index (χ1) is 6.99. The molecular weight excluding hydrogens is 309 g/mol. The summed E-state index contributed by atoms with van der Waals surface area (Å²) in [4.78, 5) is 21.4. The molecule has 0 aliphatic heterocycles. The number of ketones is 1. The van der Waals surface area contributed by atoms with E-state index in [-0.39, 0.29) is 20.9 Å². The van der Waals surface area contributed by atoms with Gasteiger partial charge in [-0.05, 0) is 12.1 Å². The Balaban J connectivity index is 3.52. The lowest BCUT2D eigenvalue weighted by Crippen LogP contribution is -2.06. The van der Waals surface area contributed by atoms with Crippen molar-refractivity contribution < 1.29 is 9.72 Å². The van der Waals surface area contributed by atoms with Crippen molar-refractivity contribution in [3.8, 4) is 0 Å². The van der Waals surface area contributed by atoms with Crippen LogP contribution in [0.25, 0.3) is 0 Å². The zero-order valence-corrected chi connectivity index (χ0v) is 10.3. The van der Waals surface area contributed by atoms with Crippen molar-refractivity contribution in [1.82, 2.24) is 0 Å². The average Bonchev–Trinajstić information content (AvgIpc) is 2.19. The van der Waals surface area contributed by atoms with Gasteiger partial charge in [-0.1, -0.05) is 39.1 Å². The first-order valence-corrected chi connectivity index (χ1v) is 5.58. The quantitative estimate of drug-likeness (QED) is 0.371. The topological polar surface area (TPSA) is 60.2 Å². The fraction of sp³-hybridized carbons (Fsp3) is 0.125. The van der Waals surface area contributed by atoms with Crippen LogP contribution in [0.4, 0.5) is 5.69 Å². The highest BCUT2D eigenvalue weighted by atomic mass is 79.9. The maximum Gasteiger partial charge on any atom is 0.300 e. The third-order valence-corrected chi connectivity index (χ3v) is 2.79. The second-order valence-corrected chi connectivity index (χ2v) is 3.94. The number of rotatable bonds is 3. The number of nitro groups is 1. The Hall–Kier alpha value is -0.650. The maximum absolute atomic E-state index is 11.4. The molecule has 1 aromatic rings. The highest BCUT2D eigenvalue weighted by molar-refractivity contribution is 9.09. The predicted molar refractivity (Wildman–Crippen MR) is 61.2 cm³/mol. The van der Waals surface area contributed by atoms with Crippen LogP contribution in [0.1, 0.15) is 10.4 Å². The van der Waals surface area contributed by atoms with Crippen molar-refractivity contribution in [2.75, 3.05) is 5.33 Å². The summed E-state index contributed by atoms with van der Waals surface area (Å²) in [6, 6.07) is 2.64. The maximum atomic E-state index is 11.4. The molecule has 0 radical (unpaired) electrons. The standard InChI is InChI=1S/C8H4BrCl2NO3/c9-3-6(13)7-4(10)1-2-5(11)8(7)12(14)15/h1-2H,3H2. The lowest BCUT2D eigenvalue weighted by atomic mass is 10.1. The van der Waals surface area contributed by atoms with Gasteiger partial charge >= 0.3 is 0 Å². The highest BCUT2D eigenvalue weighted by Crippen LogP contribution is 2.34. The lowest BCUT2D eigenvalue weighted by molar-refractivity contribution is -0.384. The van der Waals surface area contributed by atoms with Gasteiger partial charge in [-0.25, -0.2) is 0 Å². The van der Waals surface area contributed by atoms with Crippen molar-refractivity contribution in [3.63, 3.8) is 0 Å². The van der Waals surface area contributed by atoms with E-state index in [1.165, 1.54) is 12.1 Å². The third kappa shape index (κ3) is 2.48. The molecule has 0 aliphatic carbocycles. The van der Waals surface area contributed by atoms with Crippen LogP contribution in [0.5, 0.6) is 0 Å². The fourth-order valence-corrected chi connectivity index (χ4v) is 1.82. The minimum Gasteiger partial charge on any atom is -0.293 e. The number of carbonyl (C=O) groups excluding carboxylic acids is 1. The van der Waals surface area contributed by atoms with Gasteiger partial charge in [0, 0.05) is 0 Å². The molecule has 0 spiro atoms. The summed E-state index contributed by atoms with van der Waals surface area (Å²) in [5.74, 6) is -0.478. The Morgan fingerprint density at radius 3 is 2.40 bits per heavy atom. The minimum absolute atomic E-state index is 0.0237. The van der Waals surface area contributed by atoms with Crippen LogP contribution in [-0.2, 0) is 0 Å². The fourth-order valence-electron chi connectivity index (χ4n) is 1.05. The van der Waals surface area contributed by atoms with Gasteiger partial charge in [0.2, 0.25) is 0 Å².